The number of halogens is 1. The van der Waals surface area contributed by atoms with Crippen molar-refractivity contribution >= 4 is 17.3 Å². The predicted octanol–water partition coefficient (Wildman–Crippen LogP) is 3.37. The number of amides is 1. The summed E-state index contributed by atoms with van der Waals surface area (Å²) in [6.07, 6.45) is 0. The smallest absolute Gasteiger partial charge is 0.255 e. The fraction of sp³-hybridized carbons (Fsp3) is 0.188. The third-order valence-corrected chi connectivity index (χ3v) is 2.87. The minimum Gasteiger partial charge on any atom is -0.492 e. The van der Waals surface area contributed by atoms with Gasteiger partial charge in [-0.15, -0.1) is 0 Å². The van der Waals surface area contributed by atoms with Crippen LogP contribution < -0.4 is 15.8 Å². The van der Waals surface area contributed by atoms with Crippen molar-refractivity contribution < 1.29 is 13.9 Å². The highest BCUT2D eigenvalue weighted by molar-refractivity contribution is 6.05. The molecule has 1 amide bonds. The molecule has 110 valence electrons. The Morgan fingerprint density at radius 2 is 2.05 bits per heavy atom. The molecule has 0 unspecified atom stereocenters. The maximum atomic E-state index is 13.3. The number of ether oxygens (including phenoxy) is 1. The number of anilines is 2. The molecule has 0 atom stereocenters. The third-order valence-electron chi connectivity index (χ3n) is 2.87. The second-order valence-electron chi connectivity index (χ2n) is 4.66. The van der Waals surface area contributed by atoms with Gasteiger partial charge in [0.15, 0.2) is 0 Å². The maximum Gasteiger partial charge on any atom is 0.255 e. The molecule has 2 rings (SSSR count). The van der Waals surface area contributed by atoms with Gasteiger partial charge in [-0.3, -0.25) is 4.79 Å². The zero-order valence-corrected chi connectivity index (χ0v) is 11.9. The van der Waals surface area contributed by atoms with Gasteiger partial charge in [0.05, 0.1) is 12.3 Å². The number of rotatable bonds is 4. The molecule has 3 N–H and O–H groups in total. The first kappa shape index (κ1) is 14.8. The average molecular weight is 288 g/mol. The number of nitrogens with two attached hydrogens (primary N) is 1. The van der Waals surface area contributed by atoms with Crippen molar-refractivity contribution in [1.82, 2.24) is 0 Å². The molecule has 0 heterocycles. The lowest BCUT2D eigenvalue weighted by atomic mass is 10.1. The van der Waals surface area contributed by atoms with Gasteiger partial charge < -0.3 is 15.8 Å². The second-order valence-corrected chi connectivity index (χ2v) is 4.66. The summed E-state index contributed by atoms with van der Waals surface area (Å²) in [5, 5.41) is 2.64. The summed E-state index contributed by atoms with van der Waals surface area (Å²) in [5.74, 6) is -0.207. The Labute approximate surface area is 122 Å². The lowest BCUT2D eigenvalue weighted by Gasteiger charge is -2.10. The van der Waals surface area contributed by atoms with Crippen molar-refractivity contribution in [1.29, 1.82) is 0 Å². The van der Waals surface area contributed by atoms with Gasteiger partial charge in [-0.1, -0.05) is 0 Å². The molecule has 0 aliphatic rings. The van der Waals surface area contributed by atoms with Crippen LogP contribution in [-0.2, 0) is 0 Å². The number of hydrogen-bond acceptors (Lipinski definition) is 3. The Balaban J connectivity index is 2.18. The number of nitrogens with one attached hydrogen (secondary N) is 1. The summed E-state index contributed by atoms with van der Waals surface area (Å²) in [4.78, 5) is 12.1. The van der Waals surface area contributed by atoms with E-state index in [9.17, 15) is 9.18 Å². The van der Waals surface area contributed by atoms with Gasteiger partial charge in [-0.25, -0.2) is 4.39 Å². The quantitative estimate of drug-likeness (QED) is 0.848. The van der Waals surface area contributed by atoms with Gasteiger partial charge in [-0.05, 0) is 55.8 Å². The molecule has 21 heavy (non-hydrogen) atoms. The normalized spacial score (nSPS) is 10.2. The largest absolute Gasteiger partial charge is 0.492 e. The first-order valence-electron chi connectivity index (χ1n) is 6.60. The van der Waals surface area contributed by atoms with Crippen molar-refractivity contribution in [3.63, 3.8) is 0 Å². The maximum absolute atomic E-state index is 13.3. The van der Waals surface area contributed by atoms with Crippen molar-refractivity contribution in [2.24, 2.45) is 0 Å². The molecule has 0 fully saturated rings. The summed E-state index contributed by atoms with van der Waals surface area (Å²) < 4.78 is 18.6. The highest BCUT2D eigenvalue weighted by Crippen LogP contribution is 2.23. The van der Waals surface area contributed by atoms with E-state index in [0.717, 1.165) is 5.56 Å². The van der Waals surface area contributed by atoms with Crippen LogP contribution in [-0.4, -0.2) is 12.5 Å². The Morgan fingerprint density at radius 1 is 1.29 bits per heavy atom. The van der Waals surface area contributed by atoms with Crippen LogP contribution in [0, 0.1) is 12.7 Å². The molecular formula is C16H17FN2O2. The van der Waals surface area contributed by atoms with E-state index in [2.05, 4.69) is 5.32 Å². The molecule has 0 spiro atoms. The lowest BCUT2D eigenvalue weighted by Crippen LogP contribution is -2.12. The van der Waals surface area contributed by atoms with Crippen LogP contribution in [0.3, 0.4) is 0 Å². The van der Waals surface area contributed by atoms with Gasteiger partial charge in [0, 0.05) is 11.3 Å². The van der Waals surface area contributed by atoms with Crippen molar-refractivity contribution in [2.45, 2.75) is 13.8 Å². The van der Waals surface area contributed by atoms with Crippen LogP contribution in [0.15, 0.2) is 36.4 Å². The second kappa shape index (κ2) is 6.26. The number of benzene rings is 2. The van der Waals surface area contributed by atoms with Crippen LogP contribution in [0.2, 0.25) is 0 Å². The predicted molar refractivity (Wildman–Crippen MR) is 81.1 cm³/mol. The summed E-state index contributed by atoms with van der Waals surface area (Å²) in [5.41, 5.74) is 7.74. The minimum absolute atomic E-state index is 0.352. The summed E-state index contributed by atoms with van der Waals surface area (Å²) >= 11 is 0. The van der Waals surface area contributed by atoms with Crippen molar-refractivity contribution in [2.75, 3.05) is 17.7 Å². The Hall–Kier alpha value is -2.56. The highest BCUT2D eigenvalue weighted by atomic mass is 19.1. The summed E-state index contributed by atoms with van der Waals surface area (Å²) in [6, 6.07) is 9.14. The van der Waals surface area contributed by atoms with Gasteiger partial charge >= 0.3 is 0 Å². The molecule has 0 saturated heterocycles. The fourth-order valence-electron chi connectivity index (χ4n) is 1.99. The molecular weight excluding hydrogens is 271 g/mol. The lowest BCUT2D eigenvalue weighted by molar-refractivity contribution is 0.102. The molecule has 0 aliphatic carbocycles. The number of carbonyl (C=O) groups is 1. The zero-order chi connectivity index (χ0) is 15.4. The van der Waals surface area contributed by atoms with E-state index in [1.165, 1.54) is 18.2 Å². The standard InChI is InChI=1S/C16H17FN2O2/c1-3-21-15-5-4-11(8-14(15)18)16(20)19-13-7-10(2)6-12(17)9-13/h4-9H,3,18H2,1-2H3,(H,19,20). The van der Waals surface area contributed by atoms with E-state index in [1.807, 2.05) is 6.92 Å². The van der Waals surface area contributed by atoms with Gasteiger partial charge in [0.1, 0.15) is 11.6 Å². The van der Waals surface area contributed by atoms with Gasteiger partial charge in [0.2, 0.25) is 0 Å². The molecule has 4 nitrogen and oxygen atoms in total. The molecule has 0 bridgehead atoms. The topological polar surface area (TPSA) is 64.3 Å². The number of aryl methyl sites for hydroxylation is 1. The van der Waals surface area contributed by atoms with E-state index in [0.29, 0.717) is 29.3 Å². The number of nitrogen functional groups attached to an aromatic ring is 1. The minimum atomic E-state index is -0.392. The zero-order valence-electron chi connectivity index (χ0n) is 11.9. The molecule has 5 heteroatoms. The molecule has 0 saturated carbocycles. The molecule has 0 radical (unpaired) electrons. The average Bonchev–Trinajstić information content (AvgIpc) is 2.40. The van der Waals surface area contributed by atoms with E-state index in [1.54, 1.807) is 25.1 Å². The first-order valence-corrected chi connectivity index (χ1v) is 6.60. The molecule has 0 aliphatic heterocycles. The Bertz CT molecular complexity index is 651. The summed E-state index contributed by atoms with van der Waals surface area (Å²) in [7, 11) is 0. The van der Waals surface area contributed by atoms with E-state index in [-0.39, 0.29) is 5.91 Å². The van der Waals surface area contributed by atoms with Gasteiger partial charge in [0.25, 0.3) is 5.91 Å². The SMILES string of the molecule is CCOc1ccc(C(=O)Nc2cc(C)cc(F)c2)cc1N. The van der Waals surface area contributed by atoms with Crippen LogP contribution in [0.1, 0.15) is 22.8 Å². The van der Waals surface area contributed by atoms with Crippen LogP contribution in [0.5, 0.6) is 5.75 Å². The Kier molecular flexibility index (Phi) is 4.42. The summed E-state index contributed by atoms with van der Waals surface area (Å²) in [6.45, 7) is 4.11. The third kappa shape index (κ3) is 3.72. The van der Waals surface area contributed by atoms with E-state index in [4.69, 9.17) is 10.5 Å². The monoisotopic (exact) mass is 288 g/mol. The van der Waals surface area contributed by atoms with Gasteiger partial charge in [-0.2, -0.15) is 0 Å². The molecule has 2 aromatic rings. The van der Waals surface area contributed by atoms with E-state index < -0.39 is 5.82 Å². The van der Waals surface area contributed by atoms with Crippen LogP contribution in [0.25, 0.3) is 0 Å². The molecule has 0 aromatic heterocycles. The molecule has 2 aromatic carbocycles. The number of carbonyl (C=O) groups excluding carboxylic acids is 1. The van der Waals surface area contributed by atoms with Crippen molar-refractivity contribution in [3.05, 3.63) is 53.3 Å². The number of hydrogen-bond donors (Lipinski definition) is 2. The Morgan fingerprint density at radius 3 is 2.67 bits per heavy atom. The highest BCUT2D eigenvalue weighted by Gasteiger charge is 2.10. The van der Waals surface area contributed by atoms with Crippen LogP contribution >= 0.6 is 0 Å². The van der Waals surface area contributed by atoms with E-state index >= 15 is 0 Å². The first-order chi connectivity index (χ1) is 9.99. The fourth-order valence-corrected chi connectivity index (χ4v) is 1.99. The van der Waals surface area contributed by atoms with Crippen molar-refractivity contribution in [3.8, 4) is 5.75 Å². The van der Waals surface area contributed by atoms with Crippen LogP contribution in [0.4, 0.5) is 15.8 Å².